The molecule has 0 radical (unpaired) electrons. The topological polar surface area (TPSA) is 114 Å². The van der Waals surface area contributed by atoms with Gasteiger partial charge in [0, 0.05) is 21.8 Å². The van der Waals surface area contributed by atoms with Crippen molar-refractivity contribution in [1.82, 2.24) is 9.55 Å². The fraction of sp³-hybridized carbons (Fsp3) is 0.312. The Morgan fingerprint density at radius 1 is 1.32 bits per heavy atom. The Morgan fingerprint density at radius 2 is 1.96 bits per heavy atom. The Bertz CT molecular complexity index is 951. The third kappa shape index (κ3) is 3.87. The largest absolute Gasteiger partial charge is 0.394 e. The second kappa shape index (κ2) is 7.72. The number of aliphatic hydroxyl groups excluding tert-OH is 2. The molecular formula is C16H13Cl2F2N3O5. The zero-order valence-corrected chi connectivity index (χ0v) is 15.4. The predicted octanol–water partition coefficient (Wildman–Crippen LogP) is 1.69. The third-order valence-electron chi connectivity index (χ3n) is 4.01. The van der Waals surface area contributed by atoms with Gasteiger partial charge in [-0.2, -0.15) is 13.8 Å². The molecule has 3 rings (SSSR count). The number of aromatic nitrogens is 2. The number of hydrogen-bond acceptors (Lipinski definition) is 6. The van der Waals surface area contributed by atoms with E-state index < -0.39 is 42.6 Å². The van der Waals surface area contributed by atoms with Crippen LogP contribution >= 0.6 is 23.2 Å². The van der Waals surface area contributed by atoms with E-state index in [1.54, 1.807) is 0 Å². The molecule has 0 spiro atoms. The quantitative estimate of drug-likeness (QED) is 0.673. The number of hydrogen-bond donors (Lipinski definition) is 3. The van der Waals surface area contributed by atoms with Crippen molar-refractivity contribution in [1.29, 1.82) is 0 Å². The minimum Gasteiger partial charge on any atom is -0.394 e. The number of anilines is 1. The van der Waals surface area contributed by atoms with Gasteiger partial charge in [0.05, 0.1) is 6.61 Å². The molecule has 0 aliphatic carbocycles. The van der Waals surface area contributed by atoms with Crippen molar-refractivity contribution < 1.29 is 28.5 Å². The first kappa shape index (κ1) is 20.6. The molecule has 150 valence electrons. The van der Waals surface area contributed by atoms with Crippen molar-refractivity contribution in [2.45, 2.75) is 24.4 Å². The normalized spacial score (nSPS) is 23.6. The van der Waals surface area contributed by atoms with E-state index in [1.165, 1.54) is 18.2 Å². The number of carbonyl (C=O) groups excluding carboxylic acids is 1. The van der Waals surface area contributed by atoms with Crippen molar-refractivity contribution in [2.75, 3.05) is 11.9 Å². The zero-order valence-electron chi connectivity index (χ0n) is 13.9. The molecule has 1 saturated heterocycles. The molecule has 3 N–H and O–H groups in total. The van der Waals surface area contributed by atoms with Crippen LogP contribution in [0.3, 0.4) is 0 Å². The molecule has 3 atom stereocenters. The Labute approximate surface area is 166 Å². The van der Waals surface area contributed by atoms with E-state index in [0.717, 1.165) is 12.3 Å². The van der Waals surface area contributed by atoms with E-state index in [4.69, 9.17) is 33.0 Å². The van der Waals surface area contributed by atoms with Gasteiger partial charge in [-0.25, -0.2) is 4.79 Å². The van der Waals surface area contributed by atoms with E-state index in [9.17, 15) is 23.5 Å². The van der Waals surface area contributed by atoms with Gasteiger partial charge in [0.25, 0.3) is 5.91 Å². The van der Waals surface area contributed by atoms with Gasteiger partial charge >= 0.3 is 11.6 Å². The monoisotopic (exact) mass is 435 g/mol. The fourth-order valence-corrected chi connectivity index (χ4v) is 3.18. The lowest BCUT2D eigenvalue weighted by Gasteiger charge is -2.21. The summed E-state index contributed by atoms with van der Waals surface area (Å²) in [4.78, 5) is 27.9. The van der Waals surface area contributed by atoms with Crippen LogP contribution in [0.5, 0.6) is 0 Å². The summed E-state index contributed by atoms with van der Waals surface area (Å²) in [6.07, 6.45) is -5.07. The van der Waals surface area contributed by atoms with Gasteiger partial charge in [-0.1, -0.05) is 23.2 Å². The van der Waals surface area contributed by atoms with E-state index in [1.807, 2.05) is 0 Å². The van der Waals surface area contributed by atoms with Gasteiger partial charge in [-0.05, 0) is 24.3 Å². The van der Waals surface area contributed by atoms with Crippen LogP contribution < -0.4 is 11.0 Å². The van der Waals surface area contributed by atoms with Crippen LogP contribution in [0.15, 0.2) is 35.3 Å². The summed E-state index contributed by atoms with van der Waals surface area (Å²) >= 11 is 11.6. The van der Waals surface area contributed by atoms with Gasteiger partial charge in [-0.15, -0.1) is 0 Å². The first-order valence-electron chi connectivity index (χ1n) is 7.82. The average molecular weight is 436 g/mol. The SMILES string of the molecule is O=C(Nc1ccn(C2O[C@H](CO)[C@@H](O)C2(F)F)c(=O)n1)c1cc(Cl)cc(Cl)c1. The summed E-state index contributed by atoms with van der Waals surface area (Å²) < 4.78 is 33.6. The van der Waals surface area contributed by atoms with Crippen molar-refractivity contribution >= 4 is 34.9 Å². The van der Waals surface area contributed by atoms with Crippen LogP contribution in [0, 0.1) is 0 Å². The summed E-state index contributed by atoms with van der Waals surface area (Å²) in [5.41, 5.74) is -1.06. The molecule has 12 heteroatoms. The molecule has 2 heterocycles. The molecule has 1 unspecified atom stereocenters. The van der Waals surface area contributed by atoms with E-state index >= 15 is 0 Å². The predicted molar refractivity (Wildman–Crippen MR) is 94.9 cm³/mol. The number of ether oxygens (including phenoxy) is 1. The number of rotatable bonds is 4. The second-order valence-corrected chi connectivity index (χ2v) is 6.82. The van der Waals surface area contributed by atoms with E-state index in [0.29, 0.717) is 4.57 Å². The maximum absolute atomic E-state index is 14.1. The standard InChI is InChI=1S/C16H13Cl2F2N3O5/c17-8-3-7(4-9(18)5-8)13(26)21-11-1-2-23(15(27)22-11)14-16(19,20)12(25)10(6-24)28-14/h1-5,10,12,14,24-25H,6H2,(H,21,22,26,27)/t10-,12-,14?/m1/s1. The fourth-order valence-electron chi connectivity index (χ4n) is 2.65. The first-order valence-corrected chi connectivity index (χ1v) is 8.58. The van der Waals surface area contributed by atoms with Crippen molar-refractivity contribution in [3.8, 4) is 0 Å². The molecule has 1 aliphatic rings. The Hall–Kier alpha value is -2.11. The molecule has 1 aromatic heterocycles. The van der Waals surface area contributed by atoms with Crippen molar-refractivity contribution in [2.24, 2.45) is 0 Å². The number of amides is 1. The highest BCUT2D eigenvalue weighted by Gasteiger charge is 2.59. The number of carbonyl (C=O) groups is 1. The molecule has 2 aromatic rings. The number of aliphatic hydroxyl groups is 2. The maximum atomic E-state index is 14.1. The van der Waals surface area contributed by atoms with Crippen LogP contribution in [-0.2, 0) is 4.74 Å². The minimum atomic E-state index is -3.83. The van der Waals surface area contributed by atoms with Gasteiger partial charge in [0.1, 0.15) is 11.9 Å². The van der Waals surface area contributed by atoms with Gasteiger partial charge < -0.3 is 20.3 Å². The molecule has 8 nitrogen and oxygen atoms in total. The molecule has 0 bridgehead atoms. The van der Waals surface area contributed by atoms with E-state index in [2.05, 4.69) is 10.3 Å². The summed E-state index contributed by atoms with van der Waals surface area (Å²) in [6.45, 7) is -0.855. The summed E-state index contributed by atoms with van der Waals surface area (Å²) in [7, 11) is 0. The summed E-state index contributed by atoms with van der Waals surface area (Å²) in [5, 5.41) is 21.3. The number of halogens is 4. The Morgan fingerprint density at radius 3 is 2.50 bits per heavy atom. The first-order chi connectivity index (χ1) is 13.1. The smallest absolute Gasteiger partial charge is 0.351 e. The number of nitrogens with zero attached hydrogens (tertiary/aromatic N) is 2. The van der Waals surface area contributed by atoms with Gasteiger partial charge in [0.15, 0.2) is 6.10 Å². The zero-order chi connectivity index (χ0) is 20.6. The highest BCUT2D eigenvalue weighted by molar-refractivity contribution is 6.35. The lowest BCUT2D eigenvalue weighted by Crippen LogP contribution is -2.41. The minimum absolute atomic E-state index is 0.100. The summed E-state index contributed by atoms with van der Waals surface area (Å²) in [6, 6.07) is 5.21. The van der Waals surface area contributed by atoms with Crippen molar-refractivity contribution in [3.63, 3.8) is 0 Å². The molecule has 0 saturated carbocycles. The summed E-state index contributed by atoms with van der Waals surface area (Å²) in [5.74, 6) is -4.71. The molecule has 28 heavy (non-hydrogen) atoms. The molecular weight excluding hydrogens is 423 g/mol. The number of alkyl halides is 2. The van der Waals surface area contributed by atoms with Gasteiger partial charge in [-0.3, -0.25) is 9.36 Å². The maximum Gasteiger partial charge on any atom is 0.351 e. The third-order valence-corrected chi connectivity index (χ3v) is 4.44. The highest BCUT2D eigenvalue weighted by Crippen LogP contribution is 2.41. The molecule has 1 aliphatic heterocycles. The lowest BCUT2D eigenvalue weighted by molar-refractivity contribution is -0.140. The molecule has 1 aromatic carbocycles. The van der Waals surface area contributed by atoms with Crippen molar-refractivity contribution in [3.05, 3.63) is 56.6 Å². The number of nitrogens with one attached hydrogen (secondary N) is 1. The highest BCUT2D eigenvalue weighted by atomic mass is 35.5. The van der Waals surface area contributed by atoms with Crippen LogP contribution in [0.25, 0.3) is 0 Å². The second-order valence-electron chi connectivity index (χ2n) is 5.94. The van der Waals surface area contributed by atoms with Crippen LogP contribution in [-0.4, -0.2) is 50.4 Å². The van der Waals surface area contributed by atoms with Crippen LogP contribution in [0.1, 0.15) is 16.6 Å². The van der Waals surface area contributed by atoms with Gasteiger partial charge in [0.2, 0.25) is 6.23 Å². The lowest BCUT2D eigenvalue weighted by atomic mass is 10.1. The van der Waals surface area contributed by atoms with E-state index in [-0.39, 0.29) is 21.4 Å². The molecule has 1 fully saturated rings. The van der Waals surface area contributed by atoms with Crippen LogP contribution in [0.2, 0.25) is 10.0 Å². The Kier molecular flexibility index (Phi) is 5.69. The number of benzene rings is 1. The molecule has 1 amide bonds. The average Bonchev–Trinajstić information content (AvgIpc) is 2.84. The Balaban J connectivity index is 1.83. The van der Waals surface area contributed by atoms with Crippen LogP contribution in [0.4, 0.5) is 14.6 Å².